The van der Waals surface area contributed by atoms with Crippen molar-refractivity contribution < 1.29 is 18.3 Å². The summed E-state index contributed by atoms with van der Waals surface area (Å²) in [4.78, 5) is 0. The minimum atomic E-state index is -1.47. The molecule has 0 fully saturated rings. The molecule has 0 spiro atoms. The number of halogens is 3. The van der Waals surface area contributed by atoms with Crippen molar-refractivity contribution in [1.29, 1.82) is 0 Å². The third kappa shape index (κ3) is 4.31. The molecular weight excluding hydrogens is 279 g/mol. The molecule has 0 amide bonds. The Bertz CT molecular complexity index is 566. The van der Waals surface area contributed by atoms with Gasteiger partial charge in [0.1, 0.15) is 0 Å². The second-order valence-corrected chi connectivity index (χ2v) is 4.82. The lowest BCUT2D eigenvalue weighted by Crippen LogP contribution is -2.34. The molecule has 112 valence electrons. The van der Waals surface area contributed by atoms with Crippen molar-refractivity contribution in [2.75, 3.05) is 6.61 Å². The van der Waals surface area contributed by atoms with E-state index < -0.39 is 17.5 Å². The average Bonchev–Trinajstić information content (AvgIpc) is 2.49. The molecule has 0 aliphatic rings. The lowest BCUT2D eigenvalue weighted by atomic mass is 10.1. The Hall–Kier alpha value is -1.85. The Labute approximate surface area is 121 Å². The van der Waals surface area contributed by atoms with Crippen LogP contribution in [0.5, 0.6) is 0 Å². The number of hydrogen-bond donors (Lipinski definition) is 2. The van der Waals surface area contributed by atoms with Gasteiger partial charge in [0, 0.05) is 12.6 Å². The van der Waals surface area contributed by atoms with E-state index in [0.717, 1.165) is 17.7 Å². The third-order valence-corrected chi connectivity index (χ3v) is 3.18. The summed E-state index contributed by atoms with van der Waals surface area (Å²) in [6.07, 6.45) is 0.587. The maximum absolute atomic E-state index is 13.1. The minimum absolute atomic E-state index is 0.110. The molecule has 0 radical (unpaired) electrons. The fourth-order valence-electron chi connectivity index (χ4n) is 2.07. The summed E-state index contributed by atoms with van der Waals surface area (Å²) in [6, 6.07) is 11.2. The van der Waals surface area contributed by atoms with Crippen LogP contribution in [0.15, 0.2) is 42.5 Å². The van der Waals surface area contributed by atoms with Gasteiger partial charge in [-0.05, 0) is 29.7 Å². The third-order valence-electron chi connectivity index (χ3n) is 3.18. The molecule has 2 aromatic carbocycles. The van der Waals surface area contributed by atoms with Crippen LogP contribution in [0.3, 0.4) is 0 Å². The quantitative estimate of drug-likeness (QED) is 0.803. The van der Waals surface area contributed by atoms with Crippen LogP contribution in [0.2, 0.25) is 0 Å². The first kappa shape index (κ1) is 15.5. The first-order chi connectivity index (χ1) is 10.1. The highest BCUT2D eigenvalue weighted by Crippen LogP contribution is 2.13. The van der Waals surface area contributed by atoms with E-state index in [1.54, 1.807) is 0 Å². The molecule has 0 bridgehead atoms. The van der Waals surface area contributed by atoms with Crippen molar-refractivity contribution in [1.82, 2.24) is 5.32 Å². The second kappa shape index (κ2) is 7.24. The molecule has 0 aliphatic carbocycles. The van der Waals surface area contributed by atoms with Crippen molar-refractivity contribution in [2.24, 2.45) is 0 Å². The second-order valence-electron chi connectivity index (χ2n) is 4.82. The Morgan fingerprint density at radius 1 is 0.952 bits per heavy atom. The van der Waals surface area contributed by atoms with Gasteiger partial charge in [-0.15, -0.1) is 0 Å². The predicted octanol–water partition coefficient (Wildman–Crippen LogP) is 2.80. The van der Waals surface area contributed by atoms with Crippen LogP contribution in [0.1, 0.15) is 11.1 Å². The van der Waals surface area contributed by atoms with Gasteiger partial charge in [0.05, 0.1) is 6.61 Å². The lowest BCUT2D eigenvalue weighted by molar-refractivity contribution is 0.240. The Balaban J connectivity index is 1.97. The predicted molar refractivity (Wildman–Crippen MR) is 74.2 cm³/mol. The van der Waals surface area contributed by atoms with Gasteiger partial charge in [-0.2, -0.15) is 0 Å². The van der Waals surface area contributed by atoms with Gasteiger partial charge >= 0.3 is 0 Å². The van der Waals surface area contributed by atoms with Gasteiger partial charge in [0.25, 0.3) is 0 Å². The molecule has 21 heavy (non-hydrogen) atoms. The lowest BCUT2D eigenvalue weighted by Gasteiger charge is -2.16. The van der Waals surface area contributed by atoms with Crippen LogP contribution in [0.25, 0.3) is 0 Å². The number of aliphatic hydroxyl groups excluding tert-OH is 1. The Morgan fingerprint density at radius 3 is 2.14 bits per heavy atom. The van der Waals surface area contributed by atoms with Crippen molar-refractivity contribution in [3.05, 3.63) is 71.0 Å². The number of rotatable bonds is 6. The fourth-order valence-corrected chi connectivity index (χ4v) is 2.07. The summed E-state index contributed by atoms with van der Waals surface area (Å²) in [5.41, 5.74) is 1.33. The largest absolute Gasteiger partial charge is 0.395 e. The number of nitrogens with one attached hydrogen (secondary N) is 1. The standard InChI is InChI=1S/C16H16F3NO/c17-14-7-12(8-15(18)16(14)19)9-20-13(10-21)6-11-4-2-1-3-5-11/h1-5,7-8,13,20-21H,6,9-10H2/t13-/m0/s1. The van der Waals surface area contributed by atoms with E-state index in [2.05, 4.69) is 5.32 Å². The van der Waals surface area contributed by atoms with Crippen LogP contribution < -0.4 is 5.32 Å². The molecule has 0 unspecified atom stereocenters. The van der Waals surface area contributed by atoms with Gasteiger partial charge in [0.15, 0.2) is 17.5 Å². The molecule has 0 saturated carbocycles. The van der Waals surface area contributed by atoms with Gasteiger partial charge in [0.2, 0.25) is 0 Å². The van der Waals surface area contributed by atoms with Crippen LogP contribution in [-0.2, 0) is 13.0 Å². The number of benzene rings is 2. The van der Waals surface area contributed by atoms with Gasteiger partial charge in [-0.3, -0.25) is 0 Å². The van der Waals surface area contributed by atoms with E-state index in [4.69, 9.17) is 0 Å². The number of hydrogen-bond acceptors (Lipinski definition) is 2. The maximum Gasteiger partial charge on any atom is 0.194 e. The average molecular weight is 295 g/mol. The van der Waals surface area contributed by atoms with E-state index in [1.807, 2.05) is 30.3 Å². The fraction of sp³-hybridized carbons (Fsp3) is 0.250. The van der Waals surface area contributed by atoms with Crippen molar-refractivity contribution in [3.63, 3.8) is 0 Å². The van der Waals surface area contributed by atoms with Crippen molar-refractivity contribution >= 4 is 0 Å². The molecule has 0 aliphatic heterocycles. The zero-order chi connectivity index (χ0) is 15.2. The van der Waals surface area contributed by atoms with E-state index >= 15 is 0 Å². The summed E-state index contributed by atoms with van der Waals surface area (Å²) in [5.74, 6) is -3.90. The van der Waals surface area contributed by atoms with E-state index in [9.17, 15) is 18.3 Å². The summed E-state index contributed by atoms with van der Waals surface area (Å²) in [5, 5.41) is 12.4. The highest BCUT2D eigenvalue weighted by molar-refractivity contribution is 5.20. The smallest absolute Gasteiger partial charge is 0.194 e. The normalized spacial score (nSPS) is 12.4. The molecule has 0 saturated heterocycles. The molecule has 0 aromatic heterocycles. The maximum atomic E-state index is 13.1. The molecular formula is C16H16F3NO. The van der Waals surface area contributed by atoms with Crippen LogP contribution >= 0.6 is 0 Å². The topological polar surface area (TPSA) is 32.3 Å². The highest BCUT2D eigenvalue weighted by Gasteiger charge is 2.12. The molecule has 5 heteroatoms. The molecule has 2 N–H and O–H groups in total. The molecule has 2 nitrogen and oxygen atoms in total. The summed E-state index contributed by atoms with van der Waals surface area (Å²) < 4.78 is 39.1. The first-order valence-corrected chi connectivity index (χ1v) is 6.61. The van der Waals surface area contributed by atoms with Crippen LogP contribution in [-0.4, -0.2) is 17.8 Å². The van der Waals surface area contributed by atoms with Crippen LogP contribution in [0.4, 0.5) is 13.2 Å². The van der Waals surface area contributed by atoms with E-state index in [0.29, 0.717) is 6.42 Å². The zero-order valence-corrected chi connectivity index (χ0v) is 11.3. The highest BCUT2D eigenvalue weighted by atomic mass is 19.2. The van der Waals surface area contributed by atoms with Gasteiger partial charge in [-0.25, -0.2) is 13.2 Å². The first-order valence-electron chi connectivity index (χ1n) is 6.61. The monoisotopic (exact) mass is 295 g/mol. The summed E-state index contributed by atoms with van der Waals surface area (Å²) >= 11 is 0. The molecule has 1 atom stereocenters. The van der Waals surface area contributed by atoms with E-state index in [-0.39, 0.29) is 24.8 Å². The minimum Gasteiger partial charge on any atom is -0.395 e. The number of aliphatic hydroxyl groups is 1. The molecule has 2 aromatic rings. The zero-order valence-electron chi connectivity index (χ0n) is 11.3. The van der Waals surface area contributed by atoms with Gasteiger partial charge in [-0.1, -0.05) is 30.3 Å². The van der Waals surface area contributed by atoms with Crippen molar-refractivity contribution in [2.45, 2.75) is 19.0 Å². The SMILES string of the molecule is OC[C@H](Cc1ccccc1)NCc1cc(F)c(F)c(F)c1. The van der Waals surface area contributed by atoms with Crippen LogP contribution in [0, 0.1) is 17.5 Å². The Morgan fingerprint density at radius 2 is 1.57 bits per heavy atom. The Kier molecular flexibility index (Phi) is 5.36. The summed E-state index contributed by atoms with van der Waals surface area (Å²) in [6.45, 7) is 0.0350. The van der Waals surface area contributed by atoms with Gasteiger partial charge < -0.3 is 10.4 Å². The molecule has 0 heterocycles. The van der Waals surface area contributed by atoms with E-state index in [1.165, 1.54) is 0 Å². The van der Waals surface area contributed by atoms with Crippen molar-refractivity contribution in [3.8, 4) is 0 Å². The summed E-state index contributed by atoms with van der Waals surface area (Å²) in [7, 11) is 0. The molecule has 2 rings (SSSR count).